The zero-order chi connectivity index (χ0) is 22.6. The second-order valence-electron chi connectivity index (χ2n) is 7.53. The maximum absolute atomic E-state index is 12.7. The highest BCUT2D eigenvalue weighted by Gasteiger charge is 2.29. The first-order valence-corrected chi connectivity index (χ1v) is 12.8. The Morgan fingerprint density at radius 2 is 2.10 bits per heavy atom. The summed E-state index contributed by atoms with van der Waals surface area (Å²) in [5, 5.41) is 15.0. The normalized spacial score (nSPS) is 17.5. The number of sulfone groups is 1. The highest BCUT2D eigenvalue weighted by atomic mass is 32.2. The molecule has 1 unspecified atom stereocenters. The monoisotopic (exact) mass is 466 g/mol. The topological polar surface area (TPSA) is 127 Å². The van der Waals surface area contributed by atoms with Crippen LogP contribution in [-0.2, 0) is 19.4 Å². The van der Waals surface area contributed by atoms with Crippen LogP contribution in [-0.4, -0.2) is 81.7 Å². The van der Waals surface area contributed by atoms with Crippen molar-refractivity contribution in [1.29, 1.82) is 0 Å². The van der Waals surface area contributed by atoms with Crippen molar-refractivity contribution in [3.63, 3.8) is 0 Å². The largest absolute Gasteiger partial charge is 0.351 e. The van der Waals surface area contributed by atoms with E-state index in [2.05, 4.69) is 20.8 Å². The summed E-state index contributed by atoms with van der Waals surface area (Å²) in [4.78, 5) is 26.4. The highest BCUT2D eigenvalue weighted by molar-refractivity contribution is 7.99. The molecule has 1 saturated heterocycles. The van der Waals surface area contributed by atoms with Crippen molar-refractivity contribution in [3.8, 4) is 5.69 Å². The minimum Gasteiger partial charge on any atom is -0.351 e. The van der Waals surface area contributed by atoms with Gasteiger partial charge < -0.3 is 10.2 Å². The SMILES string of the molecule is CCN(CC(=O)NC1CCS(=O)(=O)C1)C(=O)CSc1nnnn1-c1ccc(C)cc1C. The predicted octanol–water partition coefficient (Wildman–Crippen LogP) is 0.523. The molecule has 0 radical (unpaired) electrons. The lowest BCUT2D eigenvalue weighted by molar-refractivity contribution is -0.134. The summed E-state index contributed by atoms with van der Waals surface area (Å²) < 4.78 is 24.7. The Labute approximate surface area is 185 Å². The van der Waals surface area contributed by atoms with E-state index in [1.54, 1.807) is 11.6 Å². The number of nitrogens with zero attached hydrogens (tertiary/aromatic N) is 5. The summed E-state index contributed by atoms with van der Waals surface area (Å²) in [5.41, 5.74) is 2.98. The molecule has 1 aliphatic heterocycles. The number of aryl methyl sites for hydroxylation is 2. The number of likely N-dealkylation sites (N-methyl/N-ethyl adjacent to an activating group) is 1. The van der Waals surface area contributed by atoms with Crippen molar-refractivity contribution in [2.24, 2.45) is 0 Å². The van der Waals surface area contributed by atoms with Crippen LogP contribution in [0.4, 0.5) is 0 Å². The summed E-state index contributed by atoms with van der Waals surface area (Å²) in [5.74, 6) is -0.473. The summed E-state index contributed by atoms with van der Waals surface area (Å²) >= 11 is 1.20. The molecule has 1 N–H and O–H groups in total. The minimum atomic E-state index is -3.08. The van der Waals surface area contributed by atoms with Crippen LogP contribution < -0.4 is 5.32 Å². The van der Waals surface area contributed by atoms with Gasteiger partial charge in [0.25, 0.3) is 0 Å². The Morgan fingerprint density at radius 3 is 2.74 bits per heavy atom. The number of nitrogens with one attached hydrogen (secondary N) is 1. The summed E-state index contributed by atoms with van der Waals surface area (Å²) in [6, 6.07) is 5.54. The fourth-order valence-corrected chi connectivity index (χ4v) is 5.87. The van der Waals surface area contributed by atoms with Gasteiger partial charge in [0.2, 0.25) is 17.0 Å². The number of thioether (sulfide) groups is 1. The van der Waals surface area contributed by atoms with Crippen LogP contribution in [0, 0.1) is 13.8 Å². The van der Waals surface area contributed by atoms with Gasteiger partial charge in [-0.15, -0.1) is 5.10 Å². The van der Waals surface area contributed by atoms with E-state index in [0.717, 1.165) is 16.8 Å². The smallest absolute Gasteiger partial charge is 0.239 e. The number of hydrogen-bond acceptors (Lipinski definition) is 8. The fourth-order valence-electron chi connectivity index (χ4n) is 3.41. The van der Waals surface area contributed by atoms with Crippen molar-refractivity contribution in [3.05, 3.63) is 29.3 Å². The molecule has 31 heavy (non-hydrogen) atoms. The molecule has 2 heterocycles. The quantitative estimate of drug-likeness (QED) is 0.558. The molecule has 2 amide bonds. The van der Waals surface area contributed by atoms with Gasteiger partial charge in [0, 0.05) is 12.6 Å². The molecule has 1 aromatic carbocycles. The van der Waals surface area contributed by atoms with E-state index < -0.39 is 9.84 Å². The van der Waals surface area contributed by atoms with Crippen molar-refractivity contribution in [1.82, 2.24) is 30.4 Å². The Bertz CT molecular complexity index is 1070. The maximum atomic E-state index is 12.7. The number of benzene rings is 1. The molecule has 0 bridgehead atoms. The first kappa shape index (κ1) is 23.2. The molecule has 1 atom stereocenters. The van der Waals surface area contributed by atoms with E-state index in [-0.39, 0.29) is 41.7 Å². The van der Waals surface area contributed by atoms with Crippen molar-refractivity contribution < 1.29 is 18.0 Å². The van der Waals surface area contributed by atoms with Gasteiger partial charge in [-0.2, -0.15) is 4.68 Å². The van der Waals surface area contributed by atoms with Gasteiger partial charge in [0.1, 0.15) is 0 Å². The lowest BCUT2D eigenvalue weighted by Gasteiger charge is -2.21. The second kappa shape index (κ2) is 9.77. The van der Waals surface area contributed by atoms with E-state index in [0.29, 0.717) is 18.1 Å². The van der Waals surface area contributed by atoms with Gasteiger partial charge in [0.15, 0.2) is 9.84 Å². The van der Waals surface area contributed by atoms with Crippen LogP contribution >= 0.6 is 11.8 Å². The molecular weight excluding hydrogens is 440 g/mol. The molecule has 168 valence electrons. The third-order valence-electron chi connectivity index (χ3n) is 5.01. The summed E-state index contributed by atoms with van der Waals surface area (Å²) in [6.07, 6.45) is 0.408. The molecular formula is C19H26N6O4S2. The van der Waals surface area contributed by atoms with Gasteiger partial charge in [-0.05, 0) is 49.2 Å². The van der Waals surface area contributed by atoms with Crippen molar-refractivity contribution in [2.75, 3.05) is 30.3 Å². The van der Waals surface area contributed by atoms with E-state index in [1.807, 2.05) is 32.0 Å². The molecule has 10 nitrogen and oxygen atoms in total. The molecule has 0 saturated carbocycles. The van der Waals surface area contributed by atoms with Crippen LogP contribution in [0.1, 0.15) is 24.5 Å². The number of carbonyl (C=O) groups excluding carboxylic acids is 2. The van der Waals surface area contributed by atoms with E-state index >= 15 is 0 Å². The average Bonchev–Trinajstić information content (AvgIpc) is 3.30. The van der Waals surface area contributed by atoms with Gasteiger partial charge in [0.05, 0.1) is 29.5 Å². The van der Waals surface area contributed by atoms with Crippen molar-refractivity contribution >= 4 is 33.4 Å². The van der Waals surface area contributed by atoms with E-state index in [9.17, 15) is 18.0 Å². The van der Waals surface area contributed by atoms with Crippen LogP contribution in [0.5, 0.6) is 0 Å². The fraction of sp³-hybridized carbons (Fsp3) is 0.526. The van der Waals surface area contributed by atoms with Gasteiger partial charge in [-0.25, -0.2) is 8.42 Å². The average molecular weight is 467 g/mol. The molecule has 1 fully saturated rings. The number of amides is 2. The molecule has 12 heteroatoms. The van der Waals surface area contributed by atoms with Crippen LogP contribution in [0.15, 0.2) is 23.4 Å². The Balaban J connectivity index is 1.57. The van der Waals surface area contributed by atoms with Crippen LogP contribution in [0.3, 0.4) is 0 Å². The number of hydrogen-bond donors (Lipinski definition) is 1. The van der Waals surface area contributed by atoms with Gasteiger partial charge in [-0.1, -0.05) is 29.5 Å². The standard InChI is InChI=1S/C19H26N6O4S2/c1-4-24(10-17(26)20-15-7-8-31(28,29)12-15)18(27)11-30-19-21-22-23-25(19)16-6-5-13(2)9-14(16)3/h5-6,9,15H,4,7-8,10-12H2,1-3H3,(H,20,26). The first-order valence-electron chi connectivity index (χ1n) is 9.95. The molecule has 1 aromatic heterocycles. The van der Waals surface area contributed by atoms with E-state index in [4.69, 9.17) is 0 Å². The summed E-state index contributed by atoms with van der Waals surface area (Å²) in [6.45, 7) is 6.00. The zero-order valence-corrected chi connectivity index (χ0v) is 19.4. The lowest BCUT2D eigenvalue weighted by Crippen LogP contribution is -2.45. The third kappa shape index (κ3) is 6.03. The third-order valence-corrected chi connectivity index (χ3v) is 7.68. The summed E-state index contributed by atoms with van der Waals surface area (Å²) in [7, 11) is -3.08. The highest BCUT2D eigenvalue weighted by Crippen LogP contribution is 2.21. The van der Waals surface area contributed by atoms with Gasteiger partial charge in [-0.3, -0.25) is 9.59 Å². The Hall–Kier alpha value is -2.47. The Morgan fingerprint density at radius 1 is 1.32 bits per heavy atom. The predicted molar refractivity (Wildman–Crippen MR) is 117 cm³/mol. The molecule has 3 rings (SSSR count). The molecule has 0 aliphatic carbocycles. The molecule has 2 aromatic rings. The first-order chi connectivity index (χ1) is 14.7. The zero-order valence-electron chi connectivity index (χ0n) is 17.7. The van der Waals surface area contributed by atoms with Gasteiger partial charge >= 0.3 is 0 Å². The van der Waals surface area contributed by atoms with Crippen LogP contribution in [0.25, 0.3) is 5.69 Å². The van der Waals surface area contributed by atoms with E-state index in [1.165, 1.54) is 16.7 Å². The minimum absolute atomic E-state index is 0.0459. The van der Waals surface area contributed by atoms with Crippen molar-refractivity contribution in [2.45, 2.75) is 38.4 Å². The number of tetrazole rings is 1. The number of aromatic nitrogens is 4. The van der Waals surface area contributed by atoms with Crippen LogP contribution in [0.2, 0.25) is 0 Å². The second-order valence-corrected chi connectivity index (χ2v) is 10.7. The molecule has 0 spiro atoms. The number of carbonyl (C=O) groups is 2. The maximum Gasteiger partial charge on any atom is 0.239 e. The molecule has 1 aliphatic rings. The Kier molecular flexibility index (Phi) is 7.31. The lowest BCUT2D eigenvalue weighted by atomic mass is 10.1. The number of rotatable bonds is 8.